The molecule has 0 saturated carbocycles. The molecule has 5 nitrogen and oxygen atoms in total. The summed E-state index contributed by atoms with van der Waals surface area (Å²) in [5, 5.41) is 6.13. The Morgan fingerprint density at radius 3 is 2.84 bits per heavy atom. The van der Waals surface area contributed by atoms with E-state index in [0.717, 1.165) is 31.6 Å². The summed E-state index contributed by atoms with van der Waals surface area (Å²) in [5.74, 6) is -0.00508. The number of nitrogens with one attached hydrogen (secondary N) is 2. The van der Waals surface area contributed by atoms with Crippen molar-refractivity contribution >= 4 is 23.2 Å². The Hall–Kier alpha value is -2.66. The van der Waals surface area contributed by atoms with Crippen LogP contribution in [0.1, 0.15) is 22.3 Å². The molecule has 1 saturated heterocycles. The maximum atomic E-state index is 12.9. The van der Waals surface area contributed by atoms with Gasteiger partial charge in [0.05, 0.1) is 5.92 Å². The molecule has 2 N–H and O–H groups in total. The highest BCUT2D eigenvalue weighted by Gasteiger charge is 2.26. The van der Waals surface area contributed by atoms with Gasteiger partial charge >= 0.3 is 0 Å². The number of amides is 2. The third-order valence-electron chi connectivity index (χ3n) is 4.94. The third kappa shape index (κ3) is 3.15. The van der Waals surface area contributed by atoms with E-state index < -0.39 is 0 Å². The van der Waals surface area contributed by atoms with E-state index in [1.165, 1.54) is 5.56 Å². The van der Waals surface area contributed by atoms with Crippen LogP contribution < -0.4 is 15.5 Å². The van der Waals surface area contributed by atoms with Gasteiger partial charge in [-0.2, -0.15) is 0 Å². The average molecular weight is 335 g/mol. The van der Waals surface area contributed by atoms with Crippen LogP contribution in [0.2, 0.25) is 0 Å². The number of rotatable bonds is 3. The molecule has 1 unspecified atom stereocenters. The van der Waals surface area contributed by atoms with Gasteiger partial charge in [0.2, 0.25) is 5.91 Å². The van der Waals surface area contributed by atoms with Crippen LogP contribution in [-0.4, -0.2) is 31.4 Å². The highest BCUT2D eigenvalue weighted by Crippen LogP contribution is 2.29. The first kappa shape index (κ1) is 15.8. The lowest BCUT2D eigenvalue weighted by molar-refractivity contribution is -0.119. The summed E-state index contributed by atoms with van der Waals surface area (Å²) in [6.45, 7) is 2.29. The monoisotopic (exact) mass is 335 g/mol. The van der Waals surface area contributed by atoms with Crippen LogP contribution in [0.3, 0.4) is 0 Å². The van der Waals surface area contributed by atoms with Gasteiger partial charge in [0.25, 0.3) is 5.91 Å². The highest BCUT2D eigenvalue weighted by atomic mass is 16.2. The number of hydrogen-bond acceptors (Lipinski definition) is 3. The first-order chi connectivity index (χ1) is 12.2. The average Bonchev–Trinajstić information content (AvgIpc) is 3.31. The SMILES string of the molecule is O=C(Nc1cccc(C(=O)N2CCc3ccccc32)c1)C1CCNC1. The topological polar surface area (TPSA) is 61.4 Å². The van der Waals surface area contributed by atoms with Crippen LogP contribution >= 0.6 is 0 Å². The molecule has 0 aliphatic carbocycles. The summed E-state index contributed by atoms with van der Waals surface area (Å²) in [6, 6.07) is 15.2. The normalized spacial score (nSPS) is 18.9. The molecule has 0 bridgehead atoms. The Balaban J connectivity index is 1.51. The molecule has 2 heterocycles. The number of fused-ring (bicyclic) bond motifs is 1. The predicted molar refractivity (Wildman–Crippen MR) is 97.9 cm³/mol. The molecule has 0 aromatic heterocycles. The van der Waals surface area contributed by atoms with E-state index in [9.17, 15) is 9.59 Å². The Bertz CT molecular complexity index is 812. The van der Waals surface area contributed by atoms with Gasteiger partial charge in [-0.3, -0.25) is 9.59 Å². The number of hydrogen-bond donors (Lipinski definition) is 2. The molecule has 2 aliphatic heterocycles. The van der Waals surface area contributed by atoms with Crippen molar-refractivity contribution in [2.75, 3.05) is 29.9 Å². The fourth-order valence-corrected chi connectivity index (χ4v) is 3.56. The van der Waals surface area contributed by atoms with Crippen molar-refractivity contribution in [3.63, 3.8) is 0 Å². The van der Waals surface area contributed by atoms with Crippen molar-refractivity contribution in [2.45, 2.75) is 12.8 Å². The second-order valence-electron chi connectivity index (χ2n) is 6.60. The van der Waals surface area contributed by atoms with Crippen LogP contribution in [0.4, 0.5) is 11.4 Å². The Labute approximate surface area is 147 Å². The first-order valence-corrected chi connectivity index (χ1v) is 8.74. The second kappa shape index (κ2) is 6.69. The number of nitrogens with zero attached hydrogens (tertiary/aromatic N) is 1. The van der Waals surface area contributed by atoms with Crippen LogP contribution in [0.25, 0.3) is 0 Å². The number of benzene rings is 2. The number of para-hydroxylation sites is 1. The number of anilines is 2. The van der Waals surface area contributed by atoms with Crippen molar-refractivity contribution in [2.24, 2.45) is 5.92 Å². The standard InChI is InChI=1S/C20H21N3O2/c24-19(16-8-10-21-13-16)22-17-6-3-5-15(12-17)20(25)23-11-9-14-4-1-2-7-18(14)23/h1-7,12,16,21H,8-11,13H2,(H,22,24). The molecular formula is C20H21N3O2. The van der Waals surface area contributed by atoms with Crippen molar-refractivity contribution in [3.05, 3.63) is 59.7 Å². The molecule has 2 aliphatic rings. The van der Waals surface area contributed by atoms with Gasteiger partial charge in [-0.25, -0.2) is 0 Å². The van der Waals surface area contributed by atoms with E-state index in [2.05, 4.69) is 16.7 Å². The zero-order valence-electron chi connectivity index (χ0n) is 14.0. The lowest BCUT2D eigenvalue weighted by Gasteiger charge is -2.18. The van der Waals surface area contributed by atoms with E-state index >= 15 is 0 Å². The van der Waals surface area contributed by atoms with Crippen molar-refractivity contribution in [3.8, 4) is 0 Å². The van der Waals surface area contributed by atoms with Gasteiger partial charge in [-0.05, 0) is 49.2 Å². The van der Waals surface area contributed by atoms with E-state index in [4.69, 9.17) is 0 Å². The van der Waals surface area contributed by atoms with Gasteiger partial charge in [0, 0.05) is 30.0 Å². The molecule has 0 radical (unpaired) electrons. The molecule has 5 heteroatoms. The van der Waals surface area contributed by atoms with E-state index in [1.807, 2.05) is 35.2 Å². The Morgan fingerprint density at radius 2 is 2.00 bits per heavy atom. The van der Waals surface area contributed by atoms with E-state index in [0.29, 0.717) is 17.8 Å². The zero-order valence-corrected chi connectivity index (χ0v) is 14.0. The van der Waals surface area contributed by atoms with E-state index in [-0.39, 0.29) is 17.7 Å². The molecule has 1 atom stereocenters. The summed E-state index contributed by atoms with van der Waals surface area (Å²) in [7, 11) is 0. The molecule has 25 heavy (non-hydrogen) atoms. The number of carbonyl (C=O) groups excluding carboxylic acids is 2. The van der Waals surface area contributed by atoms with Crippen LogP contribution in [0, 0.1) is 5.92 Å². The van der Waals surface area contributed by atoms with Gasteiger partial charge in [-0.15, -0.1) is 0 Å². The molecular weight excluding hydrogens is 314 g/mol. The highest BCUT2D eigenvalue weighted by molar-refractivity contribution is 6.08. The molecule has 2 amide bonds. The fourth-order valence-electron chi connectivity index (χ4n) is 3.56. The summed E-state index contributed by atoms with van der Waals surface area (Å²) in [5.41, 5.74) is 3.46. The zero-order chi connectivity index (χ0) is 17.2. The van der Waals surface area contributed by atoms with Crippen molar-refractivity contribution in [1.29, 1.82) is 0 Å². The minimum atomic E-state index is -0.0245. The van der Waals surface area contributed by atoms with Crippen LogP contribution in [-0.2, 0) is 11.2 Å². The van der Waals surface area contributed by atoms with Crippen LogP contribution in [0.5, 0.6) is 0 Å². The maximum absolute atomic E-state index is 12.9. The summed E-state index contributed by atoms with van der Waals surface area (Å²) < 4.78 is 0. The van der Waals surface area contributed by atoms with Gasteiger partial charge in [0.15, 0.2) is 0 Å². The summed E-state index contributed by atoms with van der Waals surface area (Å²) in [6.07, 6.45) is 1.74. The van der Waals surface area contributed by atoms with Crippen molar-refractivity contribution < 1.29 is 9.59 Å². The van der Waals surface area contributed by atoms with Crippen molar-refractivity contribution in [1.82, 2.24) is 5.32 Å². The van der Waals surface area contributed by atoms with Gasteiger partial charge < -0.3 is 15.5 Å². The van der Waals surface area contributed by atoms with Crippen LogP contribution in [0.15, 0.2) is 48.5 Å². The third-order valence-corrected chi connectivity index (χ3v) is 4.94. The summed E-state index contributed by atoms with van der Waals surface area (Å²) >= 11 is 0. The molecule has 0 spiro atoms. The van der Waals surface area contributed by atoms with Gasteiger partial charge in [0.1, 0.15) is 0 Å². The predicted octanol–water partition coefficient (Wildman–Crippen LogP) is 2.44. The summed E-state index contributed by atoms with van der Waals surface area (Å²) in [4.78, 5) is 27.0. The molecule has 2 aromatic rings. The largest absolute Gasteiger partial charge is 0.326 e. The minimum absolute atomic E-state index is 0.00446. The lowest BCUT2D eigenvalue weighted by atomic mass is 10.1. The first-order valence-electron chi connectivity index (χ1n) is 8.74. The quantitative estimate of drug-likeness (QED) is 0.906. The molecule has 2 aromatic carbocycles. The van der Waals surface area contributed by atoms with Gasteiger partial charge in [-0.1, -0.05) is 24.3 Å². The fraction of sp³-hybridized carbons (Fsp3) is 0.300. The van der Waals surface area contributed by atoms with E-state index in [1.54, 1.807) is 12.1 Å². The smallest absolute Gasteiger partial charge is 0.258 e. The second-order valence-corrected chi connectivity index (χ2v) is 6.60. The Kier molecular flexibility index (Phi) is 4.24. The Morgan fingerprint density at radius 1 is 1.12 bits per heavy atom. The molecule has 4 rings (SSSR count). The minimum Gasteiger partial charge on any atom is -0.326 e. The molecule has 128 valence electrons. The number of carbonyl (C=O) groups is 2. The lowest BCUT2D eigenvalue weighted by Crippen LogP contribution is -2.29. The maximum Gasteiger partial charge on any atom is 0.258 e. The molecule has 1 fully saturated rings.